The molecule has 0 amide bonds. The van der Waals surface area contributed by atoms with E-state index in [-0.39, 0.29) is 12.3 Å². The number of aryl methyl sites for hydroxylation is 1. The van der Waals surface area contributed by atoms with E-state index in [0.717, 1.165) is 17.1 Å². The highest BCUT2D eigenvalue weighted by molar-refractivity contribution is 7.10. The van der Waals surface area contributed by atoms with Crippen molar-refractivity contribution in [3.8, 4) is 0 Å². The maximum absolute atomic E-state index is 12.5. The van der Waals surface area contributed by atoms with Crippen molar-refractivity contribution in [1.29, 1.82) is 0 Å². The van der Waals surface area contributed by atoms with Crippen molar-refractivity contribution < 1.29 is 9.53 Å². The van der Waals surface area contributed by atoms with Gasteiger partial charge in [0.1, 0.15) is 16.6 Å². The Labute approximate surface area is 145 Å². The summed E-state index contributed by atoms with van der Waals surface area (Å²) >= 11 is 6.94. The summed E-state index contributed by atoms with van der Waals surface area (Å²) in [6, 6.07) is 9.32. The van der Waals surface area contributed by atoms with E-state index in [2.05, 4.69) is 25.1 Å². The molecular weight excluding hydrogens is 352 g/mol. The van der Waals surface area contributed by atoms with Crippen molar-refractivity contribution in [2.24, 2.45) is 0 Å². The van der Waals surface area contributed by atoms with Gasteiger partial charge in [0.25, 0.3) is 0 Å². The minimum absolute atomic E-state index is 0.0819. The van der Waals surface area contributed by atoms with Crippen LogP contribution in [0.2, 0.25) is 4.34 Å². The topological polar surface area (TPSA) is 95.7 Å². The zero-order valence-electron chi connectivity index (χ0n) is 12.5. The molecule has 1 aromatic carbocycles. The SMILES string of the molecule is Cc1nnnn1/C(=C\c1ccccc1)C(=O)OCc1nnsc1Cl. The summed E-state index contributed by atoms with van der Waals surface area (Å²) in [7, 11) is 0. The second kappa shape index (κ2) is 7.28. The predicted octanol–water partition coefficient (Wildman–Crippen LogP) is 2.23. The molecule has 0 fully saturated rings. The van der Waals surface area contributed by atoms with Crippen LogP contribution in [0.5, 0.6) is 0 Å². The molecule has 0 bridgehead atoms. The second-order valence-electron chi connectivity index (χ2n) is 4.65. The lowest BCUT2D eigenvalue weighted by Crippen LogP contribution is -2.15. The molecule has 122 valence electrons. The van der Waals surface area contributed by atoms with Gasteiger partial charge in [-0.1, -0.05) is 46.4 Å². The van der Waals surface area contributed by atoms with Gasteiger partial charge in [-0.2, -0.15) is 4.68 Å². The smallest absolute Gasteiger partial charge is 0.357 e. The molecule has 2 aromatic heterocycles. The van der Waals surface area contributed by atoms with Crippen LogP contribution in [-0.2, 0) is 16.1 Å². The number of rotatable bonds is 5. The van der Waals surface area contributed by atoms with Crippen molar-refractivity contribution in [3.05, 3.63) is 51.7 Å². The van der Waals surface area contributed by atoms with Crippen LogP contribution in [0.1, 0.15) is 17.1 Å². The third-order valence-electron chi connectivity index (χ3n) is 3.02. The highest BCUT2D eigenvalue weighted by Gasteiger charge is 2.19. The molecule has 0 saturated carbocycles. The Morgan fingerprint density at radius 2 is 2.12 bits per heavy atom. The molecule has 0 radical (unpaired) electrons. The molecule has 0 saturated heterocycles. The molecule has 24 heavy (non-hydrogen) atoms. The largest absolute Gasteiger partial charge is 0.454 e. The highest BCUT2D eigenvalue weighted by atomic mass is 35.5. The van der Waals surface area contributed by atoms with Gasteiger partial charge in [0, 0.05) is 11.5 Å². The predicted molar refractivity (Wildman–Crippen MR) is 87.9 cm³/mol. The average Bonchev–Trinajstić information content (AvgIpc) is 3.19. The van der Waals surface area contributed by atoms with E-state index < -0.39 is 5.97 Å². The molecular formula is C14H11ClN6O2S. The highest BCUT2D eigenvalue weighted by Crippen LogP contribution is 2.19. The van der Waals surface area contributed by atoms with Crippen LogP contribution >= 0.6 is 23.1 Å². The monoisotopic (exact) mass is 362 g/mol. The minimum atomic E-state index is -0.599. The van der Waals surface area contributed by atoms with Gasteiger partial charge in [-0.05, 0) is 29.0 Å². The summed E-state index contributed by atoms with van der Waals surface area (Å²) < 4.78 is 10.7. The maximum Gasteiger partial charge on any atom is 0.357 e. The fraction of sp³-hybridized carbons (Fsp3) is 0.143. The summed E-state index contributed by atoms with van der Waals surface area (Å²) in [5, 5.41) is 15.0. The van der Waals surface area contributed by atoms with Gasteiger partial charge < -0.3 is 4.74 Å². The minimum Gasteiger partial charge on any atom is -0.454 e. The molecule has 0 aliphatic carbocycles. The zero-order valence-corrected chi connectivity index (χ0v) is 14.0. The fourth-order valence-corrected chi connectivity index (χ4v) is 2.46. The second-order valence-corrected chi connectivity index (χ2v) is 6.00. The lowest BCUT2D eigenvalue weighted by Gasteiger charge is -2.08. The third kappa shape index (κ3) is 3.63. The lowest BCUT2D eigenvalue weighted by atomic mass is 10.2. The average molecular weight is 363 g/mol. The van der Waals surface area contributed by atoms with Gasteiger partial charge in [-0.3, -0.25) is 0 Å². The van der Waals surface area contributed by atoms with E-state index in [9.17, 15) is 4.79 Å². The van der Waals surface area contributed by atoms with Crippen molar-refractivity contribution >= 4 is 40.9 Å². The number of hydrogen-bond donors (Lipinski definition) is 0. The van der Waals surface area contributed by atoms with Crippen LogP contribution in [0.4, 0.5) is 0 Å². The first kappa shape index (κ1) is 16.2. The zero-order chi connectivity index (χ0) is 16.9. The number of carbonyl (C=O) groups excluding carboxylic acids is 1. The lowest BCUT2D eigenvalue weighted by molar-refractivity contribution is -0.138. The Morgan fingerprint density at radius 1 is 1.33 bits per heavy atom. The van der Waals surface area contributed by atoms with Gasteiger partial charge in [0.05, 0.1) is 0 Å². The van der Waals surface area contributed by atoms with Crippen LogP contribution < -0.4 is 0 Å². The van der Waals surface area contributed by atoms with E-state index in [0.29, 0.717) is 15.9 Å². The van der Waals surface area contributed by atoms with E-state index in [1.807, 2.05) is 30.3 Å². The van der Waals surface area contributed by atoms with E-state index in [1.165, 1.54) is 4.68 Å². The van der Waals surface area contributed by atoms with Crippen LogP contribution in [0, 0.1) is 6.92 Å². The van der Waals surface area contributed by atoms with Gasteiger partial charge in [-0.15, -0.1) is 10.2 Å². The van der Waals surface area contributed by atoms with E-state index in [4.69, 9.17) is 16.3 Å². The maximum atomic E-state index is 12.5. The number of esters is 1. The van der Waals surface area contributed by atoms with Gasteiger partial charge >= 0.3 is 5.97 Å². The van der Waals surface area contributed by atoms with E-state index in [1.54, 1.807) is 13.0 Å². The summed E-state index contributed by atoms with van der Waals surface area (Å²) in [4.78, 5) is 12.5. The number of hydrogen-bond acceptors (Lipinski definition) is 8. The van der Waals surface area contributed by atoms with Gasteiger partial charge in [0.2, 0.25) is 0 Å². The van der Waals surface area contributed by atoms with Crippen molar-refractivity contribution in [2.45, 2.75) is 13.5 Å². The van der Waals surface area contributed by atoms with Crippen LogP contribution in [0.3, 0.4) is 0 Å². The summed E-state index contributed by atoms with van der Waals surface area (Å²) in [5.74, 6) is -0.138. The van der Waals surface area contributed by atoms with Crippen LogP contribution in [0.25, 0.3) is 11.8 Å². The van der Waals surface area contributed by atoms with Crippen molar-refractivity contribution in [2.75, 3.05) is 0 Å². The molecule has 0 unspecified atom stereocenters. The summed E-state index contributed by atoms with van der Waals surface area (Å²) in [6.45, 7) is 1.61. The number of aromatic nitrogens is 6. The van der Waals surface area contributed by atoms with Crippen molar-refractivity contribution in [3.63, 3.8) is 0 Å². The Kier molecular flexibility index (Phi) is 4.92. The standard InChI is InChI=1S/C14H11ClN6O2S/c1-9-16-18-19-21(9)12(7-10-5-3-2-4-6-10)14(22)23-8-11-13(15)24-20-17-11/h2-7H,8H2,1H3/b12-7-. The number of tetrazole rings is 1. The number of halogens is 1. The summed E-state index contributed by atoms with van der Waals surface area (Å²) in [6.07, 6.45) is 1.65. The molecule has 3 rings (SSSR count). The van der Waals surface area contributed by atoms with Gasteiger partial charge in [0.15, 0.2) is 11.5 Å². The molecule has 0 aliphatic heterocycles. The fourth-order valence-electron chi connectivity index (χ4n) is 1.86. The van der Waals surface area contributed by atoms with E-state index >= 15 is 0 Å². The molecule has 0 N–H and O–H groups in total. The Bertz CT molecular complexity index is 876. The Hall–Kier alpha value is -2.65. The summed E-state index contributed by atoms with van der Waals surface area (Å²) in [5.41, 5.74) is 1.40. The van der Waals surface area contributed by atoms with Gasteiger partial charge in [-0.25, -0.2) is 4.79 Å². The number of ether oxygens (including phenoxy) is 1. The third-order valence-corrected chi connectivity index (χ3v) is 4.00. The first-order chi connectivity index (χ1) is 11.6. The Morgan fingerprint density at radius 3 is 2.75 bits per heavy atom. The normalized spacial score (nSPS) is 11.5. The number of nitrogens with zero attached hydrogens (tertiary/aromatic N) is 6. The molecule has 3 aromatic rings. The molecule has 0 aliphatic rings. The van der Waals surface area contributed by atoms with Crippen LogP contribution in [0.15, 0.2) is 30.3 Å². The molecule has 0 atom stereocenters. The number of carbonyl (C=O) groups is 1. The molecule has 2 heterocycles. The van der Waals surface area contributed by atoms with Crippen LogP contribution in [-0.4, -0.2) is 35.8 Å². The molecule has 8 nitrogen and oxygen atoms in total. The first-order valence-electron chi connectivity index (χ1n) is 6.81. The first-order valence-corrected chi connectivity index (χ1v) is 7.96. The Balaban J connectivity index is 1.87. The van der Waals surface area contributed by atoms with Crippen molar-refractivity contribution in [1.82, 2.24) is 29.8 Å². The molecule has 0 spiro atoms. The molecule has 10 heteroatoms. The number of benzene rings is 1. The quantitative estimate of drug-likeness (QED) is 0.507.